The third-order valence-electron chi connectivity index (χ3n) is 3.34. The molecule has 1 aliphatic heterocycles. The van der Waals surface area contributed by atoms with Crippen molar-refractivity contribution < 1.29 is 14.6 Å². The van der Waals surface area contributed by atoms with Gasteiger partial charge in [-0.2, -0.15) is 0 Å². The molecule has 4 heteroatoms. The lowest BCUT2D eigenvalue weighted by Gasteiger charge is -2.27. The number of hydrogen-bond acceptors (Lipinski definition) is 3. The summed E-state index contributed by atoms with van der Waals surface area (Å²) in [6.07, 6.45) is 0.652. The summed E-state index contributed by atoms with van der Waals surface area (Å²) in [4.78, 5) is 13.6. The van der Waals surface area contributed by atoms with Gasteiger partial charge in [0.05, 0.1) is 19.1 Å². The lowest BCUT2D eigenvalue weighted by Crippen LogP contribution is -2.37. The summed E-state index contributed by atoms with van der Waals surface area (Å²) in [5, 5.41) is 9.31. The van der Waals surface area contributed by atoms with Gasteiger partial charge in [-0.25, -0.2) is 0 Å². The van der Waals surface area contributed by atoms with Gasteiger partial charge in [0.15, 0.2) is 0 Å². The average molecular weight is 249 g/mol. The Bertz CT molecular complexity index is 374. The fraction of sp³-hybridized carbons (Fsp3) is 0.500. The molecule has 0 amide bonds. The molecule has 0 bridgehead atoms. The van der Waals surface area contributed by atoms with Crippen molar-refractivity contribution >= 4 is 5.97 Å². The fourth-order valence-electron chi connectivity index (χ4n) is 2.25. The van der Waals surface area contributed by atoms with Gasteiger partial charge in [-0.1, -0.05) is 30.3 Å². The molecule has 18 heavy (non-hydrogen) atoms. The molecule has 0 spiro atoms. The normalized spacial score (nSPS) is 18.4. The van der Waals surface area contributed by atoms with Crippen LogP contribution in [0.15, 0.2) is 30.3 Å². The van der Waals surface area contributed by atoms with Gasteiger partial charge < -0.3 is 9.84 Å². The van der Waals surface area contributed by atoms with E-state index in [4.69, 9.17) is 4.74 Å². The number of ether oxygens (including phenoxy) is 1. The molecule has 1 aromatic rings. The Morgan fingerprint density at radius 2 is 1.94 bits per heavy atom. The Labute approximate surface area is 107 Å². The van der Waals surface area contributed by atoms with E-state index in [1.807, 2.05) is 30.3 Å². The van der Waals surface area contributed by atoms with Crippen molar-refractivity contribution in [3.8, 4) is 0 Å². The summed E-state index contributed by atoms with van der Waals surface area (Å²) in [5.74, 6) is -1.15. The summed E-state index contributed by atoms with van der Waals surface area (Å²) in [5.41, 5.74) is 0.887. The molecule has 98 valence electrons. The zero-order valence-corrected chi connectivity index (χ0v) is 10.4. The van der Waals surface area contributed by atoms with Crippen molar-refractivity contribution in [1.29, 1.82) is 0 Å². The maximum absolute atomic E-state index is 11.3. The number of nitrogens with zero attached hydrogens (tertiary/aromatic N) is 1. The van der Waals surface area contributed by atoms with Crippen LogP contribution in [0.3, 0.4) is 0 Å². The van der Waals surface area contributed by atoms with E-state index in [0.29, 0.717) is 6.42 Å². The van der Waals surface area contributed by atoms with E-state index >= 15 is 0 Å². The fourth-order valence-corrected chi connectivity index (χ4v) is 2.25. The van der Waals surface area contributed by atoms with Gasteiger partial charge in [0.25, 0.3) is 0 Å². The molecule has 0 saturated carbocycles. The van der Waals surface area contributed by atoms with Gasteiger partial charge in [0.1, 0.15) is 0 Å². The van der Waals surface area contributed by atoms with Crippen molar-refractivity contribution in [2.24, 2.45) is 0 Å². The molecule has 2 rings (SSSR count). The number of aliphatic carboxylic acids is 1. The van der Waals surface area contributed by atoms with Crippen LogP contribution in [-0.4, -0.2) is 48.8 Å². The quantitative estimate of drug-likeness (QED) is 0.860. The second-order valence-corrected chi connectivity index (χ2v) is 4.54. The van der Waals surface area contributed by atoms with Crippen molar-refractivity contribution in [3.05, 3.63) is 35.9 Å². The van der Waals surface area contributed by atoms with E-state index < -0.39 is 11.9 Å². The highest BCUT2D eigenvalue weighted by Gasteiger charge is 2.21. The minimum atomic E-state index is -0.741. The Hall–Kier alpha value is -1.39. The second kappa shape index (κ2) is 6.52. The van der Waals surface area contributed by atoms with E-state index in [9.17, 15) is 9.90 Å². The Morgan fingerprint density at radius 1 is 1.28 bits per heavy atom. The van der Waals surface area contributed by atoms with Crippen LogP contribution < -0.4 is 0 Å². The Kier molecular flexibility index (Phi) is 4.73. The molecule has 4 nitrogen and oxygen atoms in total. The molecule has 1 fully saturated rings. The predicted octanol–water partition coefficient (Wildman–Crippen LogP) is 1.58. The molecule has 1 atom stereocenters. The van der Waals surface area contributed by atoms with Crippen LogP contribution in [0, 0.1) is 0 Å². The van der Waals surface area contributed by atoms with Crippen molar-refractivity contribution in [2.75, 3.05) is 32.8 Å². The van der Waals surface area contributed by atoms with E-state index in [2.05, 4.69) is 4.90 Å². The van der Waals surface area contributed by atoms with E-state index in [-0.39, 0.29) is 0 Å². The minimum absolute atomic E-state index is 0.408. The van der Waals surface area contributed by atoms with Crippen molar-refractivity contribution in [1.82, 2.24) is 4.90 Å². The number of carbonyl (C=O) groups is 1. The molecule has 1 N–H and O–H groups in total. The van der Waals surface area contributed by atoms with Crippen LogP contribution in [0.2, 0.25) is 0 Å². The van der Waals surface area contributed by atoms with Gasteiger partial charge in [-0.3, -0.25) is 9.69 Å². The Morgan fingerprint density at radius 3 is 2.56 bits per heavy atom. The zero-order valence-electron chi connectivity index (χ0n) is 10.4. The second-order valence-electron chi connectivity index (χ2n) is 4.54. The molecule has 0 radical (unpaired) electrons. The molecule has 1 aliphatic rings. The maximum atomic E-state index is 11.3. The van der Waals surface area contributed by atoms with Gasteiger partial charge in [-0.15, -0.1) is 0 Å². The highest BCUT2D eigenvalue weighted by molar-refractivity contribution is 5.76. The molecule has 1 aromatic carbocycles. The van der Waals surface area contributed by atoms with Crippen molar-refractivity contribution in [3.63, 3.8) is 0 Å². The van der Waals surface area contributed by atoms with Gasteiger partial charge in [0, 0.05) is 13.1 Å². The average Bonchev–Trinajstić information content (AvgIpc) is 2.41. The van der Waals surface area contributed by atoms with Crippen LogP contribution in [0.5, 0.6) is 0 Å². The standard InChI is InChI=1S/C14H19NO3/c16-14(17)13(12-4-2-1-3-5-12)6-7-15-8-10-18-11-9-15/h1-5,13H,6-11H2,(H,16,17)/t13-/m1/s1. The smallest absolute Gasteiger partial charge is 0.311 e. The molecular weight excluding hydrogens is 230 g/mol. The highest BCUT2D eigenvalue weighted by Crippen LogP contribution is 2.20. The predicted molar refractivity (Wildman–Crippen MR) is 68.7 cm³/mol. The number of carboxylic acid groups (broad SMARTS) is 1. The Balaban J connectivity index is 1.92. The summed E-state index contributed by atoms with van der Waals surface area (Å²) in [6.45, 7) is 4.13. The number of morpholine rings is 1. The number of benzene rings is 1. The summed E-state index contributed by atoms with van der Waals surface area (Å²) < 4.78 is 5.28. The molecule has 0 aliphatic carbocycles. The number of rotatable bonds is 5. The molecule has 1 heterocycles. The molecule has 1 saturated heterocycles. The van der Waals surface area contributed by atoms with Crippen LogP contribution in [0.1, 0.15) is 17.9 Å². The zero-order chi connectivity index (χ0) is 12.8. The summed E-state index contributed by atoms with van der Waals surface area (Å²) in [6, 6.07) is 9.46. The number of hydrogen-bond donors (Lipinski definition) is 1. The van der Waals surface area contributed by atoms with E-state index in [1.165, 1.54) is 0 Å². The van der Waals surface area contributed by atoms with Crippen LogP contribution in [-0.2, 0) is 9.53 Å². The molecule has 0 aromatic heterocycles. The molecule has 0 unspecified atom stereocenters. The highest BCUT2D eigenvalue weighted by atomic mass is 16.5. The lowest BCUT2D eigenvalue weighted by molar-refractivity contribution is -0.139. The monoisotopic (exact) mass is 249 g/mol. The van der Waals surface area contributed by atoms with E-state index in [0.717, 1.165) is 38.4 Å². The largest absolute Gasteiger partial charge is 0.481 e. The van der Waals surface area contributed by atoms with Gasteiger partial charge >= 0.3 is 5.97 Å². The number of carboxylic acids is 1. The van der Waals surface area contributed by atoms with Crippen molar-refractivity contribution in [2.45, 2.75) is 12.3 Å². The third kappa shape index (κ3) is 3.55. The van der Waals surface area contributed by atoms with Gasteiger partial charge in [-0.05, 0) is 18.5 Å². The van der Waals surface area contributed by atoms with E-state index in [1.54, 1.807) is 0 Å². The maximum Gasteiger partial charge on any atom is 0.311 e. The first-order valence-corrected chi connectivity index (χ1v) is 6.35. The first-order valence-electron chi connectivity index (χ1n) is 6.35. The first kappa shape index (κ1) is 13.1. The van der Waals surface area contributed by atoms with Gasteiger partial charge in [0.2, 0.25) is 0 Å². The van der Waals surface area contributed by atoms with Crippen LogP contribution in [0.25, 0.3) is 0 Å². The summed E-state index contributed by atoms with van der Waals surface area (Å²) in [7, 11) is 0. The topological polar surface area (TPSA) is 49.8 Å². The third-order valence-corrected chi connectivity index (χ3v) is 3.34. The lowest BCUT2D eigenvalue weighted by atomic mass is 9.95. The van der Waals surface area contributed by atoms with Crippen LogP contribution >= 0.6 is 0 Å². The SMILES string of the molecule is O=C(O)[C@H](CCN1CCOCC1)c1ccccc1. The van der Waals surface area contributed by atoms with Crippen LogP contribution in [0.4, 0.5) is 0 Å². The first-order chi connectivity index (χ1) is 8.77. The molecular formula is C14H19NO3. The summed E-state index contributed by atoms with van der Waals surface area (Å²) >= 11 is 0. The minimum Gasteiger partial charge on any atom is -0.481 e.